The lowest BCUT2D eigenvalue weighted by Crippen LogP contribution is -2.36. The van der Waals surface area contributed by atoms with Crippen LogP contribution in [0, 0.1) is 0 Å². The molecule has 0 saturated carbocycles. The predicted octanol–water partition coefficient (Wildman–Crippen LogP) is 5.31. The van der Waals surface area contributed by atoms with Gasteiger partial charge >= 0.3 is 0 Å². The molecule has 0 fully saturated rings. The maximum atomic E-state index is 10.2. The zero-order chi connectivity index (χ0) is 19.3. The van der Waals surface area contributed by atoms with Crippen LogP contribution >= 0.6 is 11.6 Å². The van der Waals surface area contributed by atoms with Gasteiger partial charge in [-0.2, -0.15) is 0 Å². The lowest BCUT2D eigenvalue weighted by molar-refractivity contribution is 0.476. The number of nitrogens with one attached hydrogen (secondary N) is 2. The third-order valence-electron chi connectivity index (χ3n) is 3.91. The van der Waals surface area contributed by atoms with Crippen molar-refractivity contribution in [1.29, 1.82) is 0 Å². The molecule has 5 heteroatoms. The van der Waals surface area contributed by atoms with E-state index in [2.05, 4.69) is 36.4 Å². The first kappa shape index (κ1) is 20.1. The van der Waals surface area contributed by atoms with Gasteiger partial charge in [0.25, 0.3) is 0 Å². The van der Waals surface area contributed by atoms with Gasteiger partial charge in [-0.1, -0.05) is 56.6 Å². The van der Waals surface area contributed by atoms with Gasteiger partial charge in [-0.15, -0.1) is 0 Å². The lowest BCUT2D eigenvalue weighted by Gasteiger charge is -2.22. The molecule has 0 unspecified atom stereocenters. The Morgan fingerprint density at radius 1 is 1.15 bits per heavy atom. The molecule has 0 bridgehead atoms. The Labute approximate surface area is 161 Å². The van der Waals surface area contributed by atoms with Gasteiger partial charge in [0.2, 0.25) is 0 Å². The molecule has 0 aliphatic heterocycles. The van der Waals surface area contributed by atoms with E-state index in [1.54, 1.807) is 6.07 Å². The number of guanidine groups is 1. The number of phenols is 1. The number of anilines is 1. The van der Waals surface area contributed by atoms with Gasteiger partial charge in [-0.25, -0.2) is 4.99 Å². The summed E-state index contributed by atoms with van der Waals surface area (Å²) in [6, 6.07) is 13.5. The number of hydrogen-bond donors (Lipinski definition) is 3. The summed E-state index contributed by atoms with van der Waals surface area (Å²) in [7, 11) is 0. The fourth-order valence-electron chi connectivity index (χ4n) is 2.42. The minimum Gasteiger partial charge on any atom is -0.506 e. The molecule has 0 spiro atoms. The van der Waals surface area contributed by atoms with Crippen LogP contribution in [0.25, 0.3) is 0 Å². The van der Waals surface area contributed by atoms with Crippen LogP contribution in [0.1, 0.15) is 45.7 Å². The Balaban J connectivity index is 2.28. The van der Waals surface area contributed by atoms with E-state index in [-0.39, 0.29) is 17.2 Å². The fourth-order valence-corrected chi connectivity index (χ4v) is 2.61. The first-order chi connectivity index (χ1) is 12.2. The number of phenolic OH excluding ortho intramolecular Hbond substituents is 1. The first-order valence-corrected chi connectivity index (χ1v) is 9.19. The summed E-state index contributed by atoms with van der Waals surface area (Å²) in [6.07, 6.45) is 0. The number of halogens is 1. The molecule has 0 aliphatic rings. The zero-order valence-electron chi connectivity index (χ0n) is 16.1. The standard InChI is InChI=1S/C21H28ClN3O/c1-14(2)24-20(23-13-15-8-6-7-9-17(15)22)25-18-12-16(21(3,4)5)10-11-19(18)26/h6-12,14,26H,13H2,1-5H3,(H2,23,24,25). The Morgan fingerprint density at radius 3 is 2.46 bits per heavy atom. The topological polar surface area (TPSA) is 56.7 Å². The van der Waals surface area contributed by atoms with Crippen molar-refractivity contribution in [2.45, 2.75) is 52.6 Å². The van der Waals surface area contributed by atoms with Gasteiger partial charge in [0.05, 0.1) is 12.2 Å². The Kier molecular flexibility index (Phi) is 6.54. The van der Waals surface area contributed by atoms with Crippen molar-refractivity contribution in [3.8, 4) is 5.75 Å². The van der Waals surface area contributed by atoms with E-state index in [1.165, 1.54) is 0 Å². The molecule has 2 rings (SSSR count). The van der Waals surface area contributed by atoms with Crippen molar-refractivity contribution >= 4 is 23.2 Å². The second kappa shape index (κ2) is 8.45. The highest BCUT2D eigenvalue weighted by Crippen LogP contribution is 2.30. The SMILES string of the molecule is CC(C)NC(=NCc1ccccc1Cl)Nc1cc(C(C)(C)C)ccc1O. The molecule has 0 atom stereocenters. The van der Waals surface area contributed by atoms with Crippen molar-refractivity contribution in [2.75, 3.05) is 5.32 Å². The van der Waals surface area contributed by atoms with Gasteiger partial charge < -0.3 is 15.7 Å². The third kappa shape index (κ3) is 5.67. The van der Waals surface area contributed by atoms with Crippen LogP contribution in [0.5, 0.6) is 5.75 Å². The highest BCUT2D eigenvalue weighted by atomic mass is 35.5. The van der Waals surface area contributed by atoms with E-state index in [0.717, 1.165) is 11.1 Å². The van der Waals surface area contributed by atoms with Crippen LogP contribution in [0.3, 0.4) is 0 Å². The second-order valence-corrected chi connectivity index (χ2v) is 8.07. The largest absolute Gasteiger partial charge is 0.506 e. The molecule has 26 heavy (non-hydrogen) atoms. The molecule has 2 aromatic carbocycles. The maximum Gasteiger partial charge on any atom is 0.196 e. The summed E-state index contributed by atoms with van der Waals surface area (Å²) in [4.78, 5) is 4.62. The molecule has 4 nitrogen and oxygen atoms in total. The van der Waals surface area contributed by atoms with E-state index in [4.69, 9.17) is 11.6 Å². The Hall–Kier alpha value is -2.20. The molecule has 3 N–H and O–H groups in total. The number of benzene rings is 2. The summed E-state index contributed by atoms with van der Waals surface area (Å²) >= 11 is 6.22. The molecule has 0 saturated heterocycles. The van der Waals surface area contributed by atoms with Crippen LogP contribution in [-0.4, -0.2) is 17.1 Å². The number of aliphatic imine (C=N–C) groups is 1. The number of hydrogen-bond acceptors (Lipinski definition) is 2. The van der Waals surface area contributed by atoms with Crippen LogP contribution < -0.4 is 10.6 Å². The van der Waals surface area contributed by atoms with Crippen molar-refractivity contribution in [3.63, 3.8) is 0 Å². The summed E-state index contributed by atoms with van der Waals surface area (Å²) in [5.74, 6) is 0.787. The van der Waals surface area contributed by atoms with Gasteiger partial charge in [-0.3, -0.25) is 0 Å². The normalized spacial score (nSPS) is 12.3. The van der Waals surface area contributed by atoms with Crippen LogP contribution in [0.15, 0.2) is 47.5 Å². The molecule has 0 heterocycles. The van der Waals surface area contributed by atoms with Crippen molar-refractivity contribution in [3.05, 3.63) is 58.6 Å². The van der Waals surface area contributed by atoms with E-state index in [1.807, 2.05) is 50.2 Å². The molecule has 0 aromatic heterocycles. The smallest absolute Gasteiger partial charge is 0.196 e. The number of rotatable bonds is 4. The van der Waals surface area contributed by atoms with Crippen LogP contribution in [-0.2, 0) is 12.0 Å². The Bertz CT molecular complexity index is 779. The molecular weight excluding hydrogens is 346 g/mol. The van der Waals surface area contributed by atoms with E-state index in [9.17, 15) is 5.11 Å². The van der Waals surface area contributed by atoms with Crippen molar-refractivity contribution in [1.82, 2.24) is 5.32 Å². The van der Waals surface area contributed by atoms with Gasteiger partial charge in [-0.05, 0) is 48.6 Å². The number of aromatic hydroxyl groups is 1. The van der Waals surface area contributed by atoms with Gasteiger partial charge in [0.1, 0.15) is 5.75 Å². The minimum absolute atomic E-state index is 0.00945. The highest BCUT2D eigenvalue weighted by Gasteiger charge is 2.16. The average molecular weight is 374 g/mol. The van der Waals surface area contributed by atoms with E-state index >= 15 is 0 Å². The molecule has 0 radical (unpaired) electrons. The van der Waals surface area contributed by atoms with Gasteiger partial charge in [0, 0.05) is 11.1 Å². The molecule has 0 aliphatic carbocycles. The average Bonchev–Trinajstić information content (AvgIpc) is 2.54. The van der Waals surface area contributed by atoms with E-state index < -0.39 is 0 Å². The quantitative estimate of drug-likeness (QED) is 0.386. The summed E-state index contributed by atoms with van der Waals surface area (Å²) in [5, 5.41) is 17.5. The fraction of sp³-hybridized carbons (Fsp3) is 0.381. The zero-order valence-corrected chi connectivity index (χ0v) is 16.9. The molecular formula is C21H28ClN3O. The Morgan fingerprint density at radius 2 is 1.85 bits per heavy atom. The molecule has 2 aromatic rings. The summed E-state index contributed by atoms with van der Waals surface area (Å²) < 4.78 is 0. The lowest BCUT2D eigenvalue weighted by atomic mass is 9.87. The highest BCUT2D eigenvalue weighted by molar-refractivity contribution is 6.31. The minimum atomic E-state index is -0.00945. The molecule has 0 amide bonds. The first-order valence-electron chi connectivity index (χ1n) is 8.81. The van der Waals surface area contributed by atoms with Gasteiger partial charge in [0.15, 0.2) is 5.96 Å². The number of nitrogens with zero attached hydrogens (tertiary/aromatic N) is 1. The second-order valence-electron chi connectivity index (χ2n) is 7.66. The third-order valence-corrected chi connectivity index (χ3v) is 4.28. The molecule has 140 valence electrons. The summed E-state index contributed by atoms with van der Waals surface area (Å²) in [5.41, 5.74) is 2.70. The summed E-state index contributed by atoms with van der Waals surface area (Å²) in [6.45, 7) is 10.9. The van der Waals surface area contributed by atoms with Crippen LogP contribution in [0.4, 0.5) is 5.69 Å². The van der Waals surface area contributed by atoms with Crippen molar-refractivity contribution < 1.29 is 5.11 Å². The maximum absolute atomic E-state index is 10.2. The van der Waals surface area contributed by atoms with Crippen molar-refractivity contribution in [2.24, 2.45) is 4.99 Å². The van der Waals surface area contributed by atoms with E-state index in [0.29, 0.717) is 23.2 Å². The predicted molar refractivity (Wildman–Crippen MR) is 111 cm³/mol. The van der Waals surface area contributed by atoms with Crippen LogP contribution in [0.2, 0.25) is 5.02 Å². The monoisotopic (exact) mass is 373 g/mol.